The van der Waals surface area contributed by atoms with Crippen molar-refractivity contribution in [3.63, 3.8) is 0 Å². The number of nitrogens with one attached hydrogen (secondary N) is 2. The first-order valence-electron chi connectivity index (χ1n) is 6.65. The molecule has 114 valence electrons. The van der Waals surface area contributed by atoms with Crippen LogP contribution in [-0.4, -0.2) is 31.1 Å². The fraction of sp³-hybridized carbons (Fsp3) is 0.429. The number of rotatable bonds is 4. The molecule has 0 radical (unpaired) electrons. The summed E-state index contributed by atoms with van der Waals surface area (Å²) in [6.07, 6.45) is 1.04. The summed E-state index contributed by atoms with van der Waals surface area (Å²) in [5, 5.41) is 0.605. The van der Waals surface area contributed by atoms with E-state index in [2.05, 4.69) is 10.9 Å². The Balaban J connectivity index is 1.73. The Bertz CT molecular complexity index is 530. The van der Waals surface area contributed by atoms with E-state index in [1.54, 1.807) is 18.2 Å². The van der Waals surface area contributed by atoms with Gasteiger partial charge in [-0.3, -0.25) is 20.4 Å². The van der Waals surface area contributed by atoms with Crippen molar-refractivity contribution in [1.29, 1.82) is 0 Å². The highest BCUT2D eigenvalue weighted by atomic mass is 35.5. The molecule has 1 aliphatic rings. The molecule has 2 rings (SSSR count). The molecule has 2 amide bonds. The largest absolute Gasteiger partial charge is 0.483 e. The number of carbonyl (C=O) groups excluding carboxylic acids is 2. The summed E-state index contributed by atoms with van der Waals surface area (Å²) < 4.78 is 10.6. The average Bonchev–Trinajstić information content (AvgIpc) is 2.98. The average molecular weight is 313 g/mol. The molecule has 0 aromatic heterocycles. The second-order valence-electron chi connectivity index (χ2n) is 4.74. The van der Waals surface area contributed by atoms with Crippen LogP contribution in [0.4, 0.5) is 0 Å². The van der Waals surface area contributed by atoms with Crippen molar-refractivity contribution in [3.05, 3.63) is 28.8 Å². The number of carbonyl (C=O) groups is 2. The Morgan fingerprint density at radius 2 is 2.24 bits per heavy atom. The second-order valence-corrected chi connectivity index (χ2v) is 5.17. The van der Waals surface area contributed by atoms with Crippen molar-refractivity contribution in [2.45, 2.75) is 25.9 Å². The predicted molar refractivity (Wildman–Crippen MR) is 76.9 cm³/mol. The van der Waals surface area contributed by atoms with E-state index in [1.807, 2.05) is 6.92 Å². The SMILES string of the molecule is Cc1cc(Cl)ccc1OCC(=O)NNC(=O)[C@@H]1CCCO1. The summed E-state index contributed by atoms with van der Waals surface area (Å²) >= 11 is 5.83. The fourth-order valence-electron chi connectivity index (χ4n) is 1.95. The van der Waals surface area contributed by atoms with E-state index >= 15 is 0 Å². The quantitative estimate of drug-likeness (QED) is 0.823. The third kappa shape index (κ3) is 4.61. The molecule has 21 heavy (non-hydrogen) atoms. The second kappa shape index (κ2) is 7.28. The number of benzene rings is 1. The lowest BCUT2D eigenvalue weighted by atomic mass is 10.2. The van der Waals surface area contributed by atoms with Crippen molar-refractivity contribution in [1.82, 2.24) is 10.9 Å². The summed E-state index contributed by atoms with van der Waals surface area (Å²) in [5.74, 6) is -0.223. The van der Waals surface area contributed by atoms with Crippen LogP contribution in [0.5, 0.6) is 5.75 Å². The molecule has 1 aliphatic heterocycles. The normalized spacial score (nSPS) is 17.3. The van der Waals surface area contributed by atoms with Gasteiger partial charge in [0.05, 0.1) is 0 Å². The van der Waals surface area contributed by atoms with Gasteiger partial charge in [0.25, 0.3) is 11.8 Å². The zero-order valence-electron chi connectivity index (χ0n) is 11.6. The van der Waals surface area contributed by atoms with E-state index in [0.29, 0.717) is 23.8 Å². The lowest BCUT2D eigenvalue weighted by Crippen LogP contribution is -2.47. The minimum Gasteiger partial charge on any atom is -0.483 e. The minimum absolute atomic E-state index is 0.200. The number of aryl methyl sites for hydroxylation is 1. The number of hydrogen-bond donors (Lipinski definition) is 2. The maximum absolute atomic E-state index is 11.6. The summed E-state index contributed by atoms with van der Waals surface area (Å²) in [6, 6.07) is 5.12. The third-order valence-electron chi connectivity index (χ3n) is 3.04. The van der Waals surface area contributed by atoms with Crippen LogP contribution >= 0.6 is 11.6 Å². The lowest BCUT2D eigenvalue weighted by Gasteiger charge is -2.12. The van der Waals surface area contributed by atoms with Gasteiger partial charge >= 0.3 is 0 Å². The Morgan fingerprint density at radius 3 is 2.90 bits per heavy atom. The third-order valence-corrected chi connectivity index (χ3v) is 3.28. The van der Waals surface area contributed by atoms with Crippen molar-refractivity contribution in [2.24, 2.45) is 0 Å². The predicted octanol–water partition coefficient (Wildman–Crippen LogP) is 1.35. The maximum Gasteiger partial charge on any atom is 0.276 e. The molecular formula is C14H17ClN2O4. The number of hydrogen-bond acceptors (Lipinski definition) is 4. The molecule has 1 heterocycles. The zero-order valence-corrected chi connectivity index (χ0v) is 12.4. The Hall–Kier alpha value is -1.79. The van der Waals surface area contributed by atoms with E-state index < -0.39 is 12.0 Å². The lowest BCUT2D eigenvalue weighted by molar-refractivity contribution is -0.135. The summed E-state index contributed by atoms with van der Waals surface area (Å²) in [6.45, 7) is 2.21. The van der Waals surface area contributed by atoms with Crippen LogP contribution in [0.25, 0.3) is 0 Å². The van der Waals surface area contributed by atoms with Crippen molar-refractivity contribution < 1.29 is 19.1 Å². The number of halogens is 1. The number of hydrazine groups is 1. The van der Waals surface area contributed by atoms with Gasteiger partial charge in [0.15, 0.2) is 6.61 Å². The summed E-state index contributed by atoms with van der Waals surface area (Å²) in [4.78, 5) is 23.2. The van der Waals surface area contributed by atoms with Crippen LogP contribution in [0.3, 0.4) is 0 Å². The van der Waals surface area contributed by atoms with Crippen molar-refractivity contribution in [3.8, 4) is 5.75 Å². The van der Waals surface area contributed by atoms with E-state index in [1.165, 1.54) is 0 Å². The molecule has 6 nitrogen and oxygen atoms in total. The Morgan fingerprint density at radius 1 is 1.43 bits per heavy atom. The molecule has 1 aromatic carbocycles. The topological polar surface area (TPSA) is 76.7 Å². The Labute approximate surface area is 127 Å². The number of amides is 2. The van der Waals surface area contributed by atoms with E-state index in [0.717, 1.165) is 12.0 Å². The molecule has 0 aliphatic carbocycles. The van der Waals surface area contributed by atoms with Crippen LogP contribution in [0, 0.1) is 6.92 Å². The van der Waals surface area contributed by atoms with Crippen LogP contribution in [0.2, 0.25) is 5.02 Å². The van der Waals surface area contributed by atoms with Gasteiger partial charge in [-0.2, -0.15) is 0 Å². The van der Waals surface area contributed by atoms with Gasteiger partial charge in [0.2, 0.25) is 0 Å². The monoisotopic (exact) mass is 312 g/mol. The number of ether oxygens (including phenoxy) is 2. The van der Waals surface area contributed by atoms with Crippen LogP contribution in [0.15, 0.2) is 18.2 Å². The van der Waals surface area contributed by atoms with E-state index in [9.17, 15) is 9.59 Å². The van der Waals surface area contributed by atoms with Gasteiger partial charge in [-0.1, -0.05) is 11.6 Å². The summed E-state index contributed by atoms with van der Waals surface area (Å²) in [7, 11) is 0. The smallest absolute Gasteiger partial charge is 0.276 e. The van der Waals surface area contributed by atoms with Crippen molar-refractivity contribution >= 4 is 23.4 Å². The molecule has 7 heteroatoms. The maximum atomic E-state index is 11.6. The molecule has 0 saturated carbocycles. The highest BCUT2D eigenvalue weighted by Crippen LogP contribution is 2.21. The molecule has 1 atom stereocenters. The molecule has 0 bridgehead atoms. The first-order valence-corrected chi connectivity index (χ1v) is 7.03. The van der Waals surface area contributed by atoms with Gasteiger partial charge in [0.1, 0.15) is 11.9 Å². The van der Waals surface area contributed by atoms with Gasteiger partial charge in [-0.25, -0.2) is 0 Å². The zero-order chi connectivity index (χ0) is 15.2. The van der Waals surface area contributed by atoms with Crippen LogP contribution < -0.4 is 15.6 Å². The highest BCUT2D eigenvalue weighted by molar-refractivity contribution is 6.30. The Kier molecular flexibility index (Phi) is 5.41. The molecule has 1 fully saturated rings. The first-order chi connectivity index (χ1) is 10.1. The van der Waals surface area contributed by atoms with Crippen molar-refractivity contribution in [2.75, 3.05) is 13.2 Å². The van der Waals surface area contributed by atoms with E-state index in [-0.39, 0.29) is 12.5 Å². The van der Waals surface area contributed by atoms with E-state index in [4.69, 9.17) is 21.1 Å². The molecular weight excluding hydrogens is 296 g/mol. The van der Waals surface area contributed by atoms with Crippen LogP contribution in [-0.2, 0) is 14.3 Å². The fourth-order valence-corrected chi connectivity index (χ4v) is 2.18. The van der Waals surface area contributed by atoms with Gasteiger partial charge in [-0.05, 0) is 43.5 Å². The van der Waals surface area contributed by atoms with Gasteiger partial charge in [-0.15, -0.1) is 0 Å². The van der Waals surface area contributed by atoms with Crippen LogP contribution in [0.1, 0.15) is 18.4 Å². The highest BCUT2D eigenvalue weighted by Gasteiger charge is 2.23. The van der Waals surface area contributed by atoms with Gasteiger partial charge < -0.3 is 9.47 Å². The first kappa shape index (κ1) is 15.6. The molecule has 0 unspecified atom stereocenters. The molecule has 1 aromatic rings. The molecule has 0 spiro atoms. The molecule has 1 saturated heterocycles. The minimum atomic E-state index is -0.482. The summed E-state index contributed by atoms with van der Waals surface area (Å²) in [5.41, 5.74) is 5.44. The van der Waals surface area contributed by atoms with Gasteiger partial charge in [0, 0.05) is 11.6 Å². The molecule has 2 N–H and O–H groups in total. The standard InChI is InChI=1S/C14H17ClN2O4/c1-9-7-10(15)4-5-11(9)21-8-13(18)16-17-14(19)12-3-2-6-20-12/h4-5,7,12H,2-3,6,8H2,1H3,(H,16,18)(H,17,19)/t12-/m0/s1.